The van der Waals surface area contributed by atoms with Crippen LogP contribution >= 0.6 is 11.8 Å². The highest BCUT2D eigenvalue weighted by atomic mass is 32.2. The Kier molecular flexibility index (Phi) is 5.30. The number of nitrogens with zero attached hydrogens (tertiary/aromatic N) is 6. The Morgan fingerprint density at radius 3 is 2.76 bits per heavy atom. The van der Waals surface area contributed by atoms with Crippen molar-refractivity contribution in [3.63, 3.8) is 0 Å². The van der Waals surface area contributed by atoms with Crippen molar-refractivity contribution in [2.75, 3.05) is 5.75 Å². The molecule has 0 spiro atoms. The van der Waals surface area contributed by atoms with Crippen molar-refractivity contribution in [2.45, 2.75) is 18.5 Å². The molecule has 0 unspecified atom stereocenters. The van der Waals surface area contributed by atoms with Gasteiger partial charge in [-0.2, -0.15) is 4.98 Å². The molecule has 8 nitrogen and oxygen atoms in total. The molecule has 0 N–H and O–H groups in total. The van der Waals surface area contributed by atoms with Crippen LogP contribution in [0.3, 0.4) is 0 Å². The van der Waals surface area contributed by atoms with Crippen LogP contribution in [0.5, 0.6) is 0 Å². The van der Waals surface area contributed by atoms with Gasteiger partial charge in [0.25, 0.3) is 11.4 Å². The lowest BCUT2D eigenvalue weighted by Crippen LogP contribution is -2.14. The molecular formula is C20H20N6O2S. The van der Waals surface area contributed by atoms with Crippen molar-refractivity contribution >= 4 is 11.8 Å². The molecule has 0 radical (unpaired) electrons. The second-order valence-electron chi connectivity index (χ2n) is 6.71. The van der Waals surface area contributed by atoms with Gasteiger partial charge in [0.15, 0.2) is 16.8 Å². The average molecular weight is 408 g/mol. The lowest BCUT2D eigenvalue weighted by atomic mass is 10.1. The number of pyridine rings is 1. The highest BCUT2D eigenvalue weighted by molar-refractivity contribution is 7.99. The SMILES string of the molecule is Cc1cccc(-c2nc(CCSc3nnc(-c4ccn(C)c(=O)c4)n3C)no2)c1. The van der Waals surface area contributed by atoms with Crippen molar-refractivity contribution < 1.29 is 4.52 Å². The highest BCUT2D eigenvalue weighted by Gasteiger charge is 2.13. The van der Waals surface area contributed by atoms with Gasteiger partial charge < -0.3 is 13.7 Å². The minimum Gasteiger partial charge on any atom is -0.334 e. The first-order valence-electron chi connectivity index (χ1n) is 9.10. The van der Waals surface area contributed by atoms with Crippen molar-refractivity contribution in [3.05, 3.63) is 64.3 Å². The summed E-state index contributed by atoms with van der Waals surface area (Å²) in [4.78, 5) is 16.3. The molecule has 0 saturated carbocycles. The van der Waals surface area contributed by atoms with Crippen LogP contribution in [-0.4, -0.2) is 35.2 Å². The van der Waals surface area contributed by atoms with E-state index in [1.807, 2.05) is 48.9 Å². The summed E-state index contributed by atoms with van der Waals surface area (Å²) in [6.07, 6.45) is 2.37. The smallest absolute Gasteiger partial charge is 0.257 e. The molecule has 9 heteroatoms. The van der Waals surface area contributed by atoms with E-state index in [4.69, 9.17) is 4.52 Å². The second-order valence-corrected chi connectivity index (χ2v) is 7.78. The monoisotopic (exact) mass is 408 g/mol. The molecule has 0 atom stereocenters. The van der Waals surface area contributed by atoms with E-state index in [0.717, 1.165) is 27.6 Å². The zero-order chi connectivity index (χ0) is 20.4. The fraction of sp³-hybridized carbons (Fsp3) is 0.250. The Bertz CT molecular complexity index is 1210. The predicted molar refractivity (Wildman–Crippen MR) is 111 cm³/mol. The van der Waals surface area contributed by atoms with Gasteiger partial charge >= 0.3 is 0 Å². The fourth-order valence-electron chi connectivity index (χ4n) is 2.86. The third-order valence-corrected chi connectivity index (χ3v) is 5.51. The quantitative estimate of drug-likeness (QED) is 0.453. The maximum atomic E-state index is 11.9. The molecule has 1 aromatic carbocycles. The van der Waals surface area contributed by atoms with Gasteiger partial charge in [0.05, 0.1) is 0 Å². The summed E-state index contributed by atoms with van der Waals surface area (Å²) < 4.78 is 8.78. The summed E-state index contributed by atoms with van der Waals surface area (Å²) in [5, 5.41) is 13.3. The van der Waals surface area contributed by atoms with Crippen LogP contribution < -0.4 is 5.56 Å². The maximum absolute atomic E-state index is 11.9. The van der Waals surface area contributed by atoms with E-state index in [-0.39, 0.29) is 5.56 Å². The van der Waals surface area contributed by atoms with E-state index >= 15 is 0 Å². The van der Waals surface area contributed by atoms with E-state index in [1.165, 1.54) is 4.57 Å². The molecule has 0 aliphatic carbocycles. The summed E-state index contributed by atoms with van der Waals surface area (Å²) in [5.74, 6) is 2.57. The van der Waals surface area contributed by atoms with Crippen molar-refractivity contribution in [1.29, 1.82) is 0 Å². The first-order valence-corrected chi connectivity index (χ1v) is 10.1. The molecule has 29 heavy (non-hydrogen) atoms. The summed E-state index contributed by atoms with van der Waals surface area (Å²) in [6.45, 7) is 2.03. The first-order chi connectivity index (χ1) is 14.0. The van der Waals surface area contributed by atoms with Gasteiger partial charge in [-0.1, -0.05) is 34.6 Å². The average Bonchev–Trinajstić information content (AvgIpc) is 3.32. The largest absolute Gasteiger partial charge is 0.334 e. The number of aryl methyl sites for hydroxylation is 3. The Morgan fingerprint density at radius 1 is 1.10 bits per heavy atom. The van der Waals surface area contributed by atoms with E-state index < -0.39 is 0 Å². The van der Waals surface area contributed by atoms with Gasteiger partial charge in [-0.05, 0) is 25.1 Å². The fourth-order valence-corrected chi connectivity index (χ4v) is 3.71. The van der Waals surface area contributed by atoms with E-state index in [9.17, 15) is 4.79 Å². The molecular weight excluding hydrogens is 388 g/mol. The van der Waals surface area contributed by atoms with Gasteiger partial charge in [0.1, 0.15) is 0 Å². The molecule has 0 saturated heterocycles. The number of thioether (sulfide) groups is 1. The number of rotatable bonds is 6. The molecule has 3 heterocycles. The Morgan fingerprint density at radius 2 is 1.97 bits per heavy atom. The van der Waals surface area contributed by atoms with Gasteiger partial charge in [-0.15, -0.1) is 10.2 Å². The molecule has 148 valence electrons. The van der Waals surface area contributed by atoms with Crippen LogP contribution in [0.1, 0.15) is 11.4 Å². The van der Waals surface area contributed by atoms with E-state index in [2.05, 4.69) is 20.3 Å². The highest BCUT2D eigenvalue weighted by Crippen LogP contribution is 2.23. The second kappa shape index (κ2) is 8.04. The maximum Gasteiger partial charge on any atom is 0.257 e. The predicted octanol–water partition coefficient (Wildman–Crippen LogP) is 2.87. The van der Waals surface area contributed by atoms with E-state index in [1.54, 1.807) is 31.1 Å². The van der Waals surface area contributed by atoms with Gasteiger partial charge in [0, 0.05) is 49.7 Å². The minimum absolute atomic E-state index is 0.0822. The molecule has 0 fully saturated rings. The lowest BCUT2D eigenvalue weighted by molar-refractivity contribution is 0.423. The van der Waals surface area contributed by atoms with Crippen molar-refractivity contribution in [2.24, 2.45) is 14.1 Å². The van der Waals surface area contributed by atoms with E-state index in [0.29, 0.717) is 24.0 Å². The molecule has 0 aliphatic heterocycles. The topological polar surface area (TPSA) is 91.6 Å². The summed E-state index contributed by atoms with van der Waals surface area (Å²) >= 11 is 1.56. The Labute approximate surface area is 171 Å². The third kappa shape index (κ3) is 4.14. The number of hydrogen-bond acceptors (Lipinski definition) is 7. The van der Waals surface area contributed by atoms with Crippen LogP contribution in [0, 0.1) is 6.92 Å². The molecule has 0 aliphatic rings. The normalized spacial score (nSPS) is 11.1. The van der Waals surface area contributed by atoms with Crippen LogP contribution in [0.2, 0.25) is 0 Å². The summed E-state index contributed by atoms with van der Waals surface area (Å²) in [5.41, 5.74) is 2.73. The van der Waals surface area contributed by atoms with Gasteiger partial charge in [-0.25, -0.2) is 0 Å². The number of hydrogen-bond donors (Lipinski definition) is 0. The van der Waals surface area contributed by atoms with Crippen molar-refractivity contribution in [1.82, 2.24) is 29.5 Å². The molecule has 4 aromatic rings. The van der Waals surface area contributed by atoms with Gasteiger partial charge in [-0.3, -0.25) is 4.79 Å². The van der Waals surface area contributed by atoms with Crippen molar-refractivity contribution in [3.8, 4) is 22.8 Å². The molecule has 0 amide bonds. The summed E-state index contributed by atoms with van der Waals surface area (Å²) in [7, 11) is 3.60. The first kappa shape index (κ1) is 19.1. The summed E-state index contributed by atoms with van der Waals surface area (Å²) in [6, 6.07) is 11.4. The number of benzene rings is 1. The van der Waals surface area contributed by atoms with Crippen LogP contribution in [0.4, 0.5) is 0 Å². The number of aromatic nitrogens is 6. The van der Waals surface area contributed by atoms with Crippen LogP contribution in [0.15, 0.2) is 57.1 Å². The molecule has 3 aromatic heterocycles. The Hall–Kier alpha value is -3.20. The van der Waals surface area contributed by atoms with Crippen LogP contribution in [0.25, 0.3) is 22.8 Å². The van der Waals surface area contributed by atoms with Gasteiger partial charge in [0.2, 0.25) is 0 Å². The molecule has 4 rings (SSSR count). The lowest BCUT2D eigenvalue weighted by Gasteiger charge is -2.04. The van der Waals surface area contributed by atoms with Crippen LogP contribution in [-0.2, 0) is 20.5 Å². The molecule has 0 bridgehead atoms. The zero-order valence-corrected chi connectivity index (χ0v) is 17.2. The minimum atomic E-state index is -0.0822. The zero-order valence-electron chi connectivity index (χ0n) is 16.4. The Balaban J connectivity index is 1.41. The standard InChI is InChI=1S/C20H20N6O2S/c1-13-5-4-6-15(11-13)19-21-16(24-28-19)8-10-29-20-23-22-18(26(20)3)14-7-9-25(2)17(27)12-14/h4-7,9,11-12H,8,10H2,1-3H3. The third-order valence-electron chi connectivity index (χ3n) is 4.49.